The van der Waals surface area contributed by atoms with Crippen LogP contribution < -0.4 is 0 Å². The molecule has 0 spiro atoms. The van der Waals surface area contributed by atoms with Crippen LogP contribution in [0, 0.1) is 13.8 Å². The highest BCUT2D eigenvalue weighted by Gasteiger charge is 2.18. The minimum Gasteiger partial charge on any atom is -0.462 e. The van der Waals surface area contributed by atoms with E-state index in [0.29, 0.717) is 12.2 Å². The summed E-state index contributed by atoms with van der Waals surface area (Å²) >= 11 is 0. The smallest absolute Gasteiger partial charge is 0.340 e. The van der Waals surface area contributed by atoms with Crippen molar-refractivity contribution in [3.63, 3.8) is 0 Å². The molecule has 0 aliphatic carbocycles. The zero-order valence-corrected chi connectivity index (χ0v) is 13.3. The highest BCUT2D eigenvalue weighted by Crippen LogP contribution is 2.18. The van der Waals surface area contributed by atoms with Crippen LogP contribution in [0.4, 0.5) is 0 Å². The van der Waals surface area contributed by atoms with Gasteiger partial charge < -0.3 is 14.6 Å². The number of hydrogen-bond acceptors (Lipinski definition) is 5. The monoisotopic (exact) mass is 292 g/mol. The first kappa shape index (κ1) is 15.6. The summed E-state index contributed by atoms with van der Waals surface area (Å²) in [6.07, 6.45) is 1.80. The van der Waals surface area contributed by atoms with Crippen LogP contribution in [-0.4, -0.2) is 66.9 Å². The molecule has 0 atom stereocenters. The van der Waals surface area contributed by atoms with E-state index in [1.807, 2.05) is 20.8 Å². The predicted molar refractivity (Wildman–Crippen MR) is 82.9 cm³/mol. The van der Waals surface area contributed by atoms with E-state index >= 15 is 0 Å². The van der Waals surface area contributed by atoms with Gasteiger partial charge in [0, 0.05) is 31.9 Å². The van der Waals surface area contributed by atoms with Crippen LogP contribution in [0.15, 0.2) is 5.10 Å². The number of H-pyrrole nitrogens is 1. The average Bonchev–Trinajstić information content (AvgIpc) is 2.73. The number of aromatic nitrogens is 1. The summed E-state index contributed by atoms with van der Waals surface area (Å²) in [6.45, 7) is 9.89. The van der Waals surface area contributed by atoms with Crippen molar-refractivity contribution in [3.05, 3.63) is 22.5 Å². The number of aromatic amines is 1. The molecule has 0 aromatic carbocycles. The number of aryl methyl sites for hydroxylation is 1. The van der Waals surface area contributed by atoms with Crippen molar-refractivity contribution in [1.29, 1.82) is 0 Å². The predicted octanol–water partition coefficient (Wildman–Crippen LogP) is 1.39. The van der Waals surface area contributed by atoms with Crippen molar-refractivity contribution in [2.45, 2.75) is 20.8 Å². The molecule has 1 N–H and O–H groups in total. The number of piperazine rings is 1. The molecule has 1 aliphatic rings. The molecule has 0 unspecified atom stereocenters. The molecule has 1 aliphatic heterocycles. The number of ether oxygens (including phenoxy) is 1. The number of nitrogens with zero attached hydrogens (tertiary/aromatic N) is 3. The normalized spacial score (nSPS) is 16.7. The second-order valence-electron chi connectivity index (χ2n) is 5.39. The average molecular weight is 292 g/mol. The fourth-order valence-corrected chi connectivity index (χ4v) is 2.46. The molecule has 2 rings (SSSR count). The van der Waals surface area contributed by atoms with E-state index < -0.39 is 0 Å². The molecule has 1 aromatic heterocycles. The maximum absolute atomic E-state index is 11.9. The maximum Gasteiger partial charge on any atom is 0.340 e. The van der Waals surface area contributed by atoms with Crippen LogP contribution in [0.25, 0.3) is 0 Å². The second-order valence-corrected chi connectivity index (χ2v) is 5.39. The second kappa shape index (κ2) is 6.76. The Bertz CT molecular complexity index is 528. The van der Waals surface area contributed by atoms with Gasteiger partial charge in [-0.1, -0.05) is 0 Å². The molecule has 6 heteroatoms. The van der Waals surface area contributed by atoms with Crippen molar-refractivity contribution >= 4 is 12.2 Å². The number of esters is 1. The molecule has 0 radical (unpaired) electrons. The topological polar surface area (TPSA) is 60.9 Å². The molecular weight excluding hydrogens is 268 g/mol. The van der Waals surface area contributed by atoms with Crippen molar-refractivity contribution in [2.24, 2.45) is 5.10 Å². The Morgan fingerprint density at radius 2 is 2.00 bits per heavy atom. The largest absolute Gasteiger partial charge is 0.462 e. The molecule has 2 heterocycles. The van der Waals surface area contributed by atoms with E-state index in [-0.39, 0.29) is 5.97 Å². The third-order valence-electron chi connectivity index (χ3n) is 3.79. The highest BCUT2D eigenvalue weighted by atomic mass is 16.5. The first-order chi connectivity index (χ1) is 10.0. The van der Waals surface area contributed by atoms with Crippen molar-refractivity contribution in [2.75, 3.05) is 39.8 Å². The lowest BCUT2D eigenvalue weighted by Crippen LogP contribution is -2.41. The fraction of sp³-hybridized carbons (Fsp3) is 0.600. The highest BCUT2D eigenvalue weighted by molar-refractivity contribution is 5.96. The van der Waals surface area contributed by atoms with Gasteiger partial charge in [-0.3, -0.25) is 5.01 Å². The van der Waals surface area contributed by atoms with Crippen LogP contribution in [0.5, 0.6) is 0 Å². The summed E-state index contributed by atoms with van der Waals surface area (Å²) < 4.78 is 5.09. The van der Waals surface area contributed by atoms with Gasteiger partial charge in [0.15, 0.2) is 0 Å². The minimum absolute atomic E-state index is 0.275. The summed E-state index contributed by atoms with van der Waals surface area (Å²) in [5.41, 5.74) is 3.21. The zero-order chi connectivity index (χ0) is 15.4. The Balaban J connectivity index is 2.10. The van der Waals surface area contributed by atoms with Crippen molar-refractivity contribution in [1.82, 2.24) is 14.9 Å². The number of rotatable bonds is 4. The molecule has 116 valence electrons. The first-order valence-corrected chi connectivity index (χ1v) is 7.36. The van der Waals surface area contributed by atoms with E-state index in [2.05, 4.69) is 27.0 Å². The first-order valence-electron chi connectivity index (χ1n) is 7.36. The van der Waals surface area contributed by atoms with Crippen LogP contribution in [0.2, 0.25) is 0 Å². The van der Waals surface area contributed by atoms with Crippen LogP contribution >= 0.6 is 0 Å². The summed E-state index contributed by atoms with van der Waals surface area (Å²) in [6, 6.07) is 0. The lowest BCUT2D eigenvalue weighted by Gasteiger charge is -2.30. The molecule has 1 saturated heterocycles. The maximum atomic E-state index is 11.9. The summed E-state index contributed by atoms with van der Waals surface area (Å²) in [4.78, 5) is 17.4. The Labute approximate surface area is 125 Å². The summed E-state index contributed by atoms with van der Waals surface area (Å²) in [7, 11) is 2.12. The summed E-state index contributed by atoms with van der Waals surface area (Å²) in [5, 5.41) is 6.56. The molecule has 1 fully saturated rings. The molecule has 0 saturated carbocycles. The lowest BCUT2D eigenvalue weighted by molar-refractivity contribution is 0.0525. The minimum atomic E-state index is -0.275. The quantitative estimate of drug-likeness (QED) is 0.673. The Hall–Kier alpha value is -1.82. The van der Waals surface area contributed by atoms with Crippen molar-refractivity contribution in [3.8, 4) is 0 Å². The van der Waals surface area contributed by atoms with Gasteiger partial charge in [-0.2, -0.15) is 5.10 Å². The zero-order valence-electron chi connectivity index (χ0n) is 13.3. The van der Waals surface area contributed by atoms with Crippen molar-refractivity contribution < 1.29 is 9.53 Å². The molecule has 21 heavy (non-hydrogen) atoms. The molecule has 0 amide bonds. The van der Waals surface area contributed by atoms with E-state index in [4.69, 9.17) is 4.74 Å². The molecular formula is C15H24N4O2. The summed E-state index contributed by atoms with van der Waals surface area (Å²) in [5.74, 6) is -0.275. The van der Waals surface area contributed by atoms with Crippen LogP contribution in [0.1, 0.15) is 34.2 Å². The Kier molecular flexibility index (Phi) is 5.01. The fourth-order valence-electron chi connectivity index (χ4n) is 2.46. The van der Waals surface area contributed by atoms with Gasteiger partial charge in [0.1, 0.15) is 0 Å². The SMILES string of the molecule is CCOC(=O)c1c(C)[nH]c(/C=N/N2CCN(C)CC2)c1C. The Morgan fingerprint density at radius 3 is 2.62 bits per heavy atom. The van der Waals surface area contributed by atoms with E-state index in [1.165, 1.54) is 0 Å². The van der Waals surface area contributed by atoms with Gasteiger partial charge in [0.2, 0.25) is 0 Å². The number of nitrogens with one attached hydrogen (secondary N) is 1. The number of hydrazone groups is 1. The van der Waals surface area contributed by atoms with Gasteiger partial charge in [0.25, 0.3) is 0 Å². The van der Waals surface area contributed by atoms with Gasteiger partial charge in [-0.15, -0.1) is 0 Å². The third-order valence-corrected chi connectivity index (χ3v) is 3.79. The molecule has 6 nitrogen and oxygen atoms in total. The Morgan fingerprint density at radius 1 is 1.33 bits per heavy atom. The van der Waals surface area contributed by atoms with Gasteiger partial charge in [-0.25, -0.2) is 4.79 Å². The molecule has 0 bridgehead atoms. The standard InChI is InChI=1S/C15H24N4O2/c1-5-21-15(20)14-11(2)13(17-12(14)3)10-16-19-8-6-18(4)7-9-19/h10,17H,5-9H2,1-4H3/b16-10+. The number of carbonyl (C=O) groups excluding carboxylic acids is 1. The number of carbonyl (C=O) groups is 1. The van der Waals surface area contributed by atoms with E-state index in [1.54, 1.807) is 6.21 Å². The van der Waals surface area contributed by atoms with E-state index in [0.717, 1.165) is 43.1 Å². The van der Waals surface area contributed by atoms with Gasteiger partial charge in [-0.05, 0) is 33.4 Å². The molecule has 1 aromatic rings. The number of likely N-dealkylation sites (N-methyl/N-ethyl adjacent to an activating group) is 1. The number of hydrogen-bond donors (Lipinski definition) is 1. The van der Waals surface area contributed by atoms with Crippen LogP contribution in [-0.2, 0) is 4.74 Å². The lowest BCUT2D eigenvalue weighted by atomic mass is 10.1. The van der Waals surface area contributed by atoms with E-state index in [9.17, 15) is 4.79 Å². The van der Waals surface area contributed by atoms with Gasteiger partial charge in [0.05, 0.1) is 24.1 Å². The van der Waals surface area contributed by atoms with Crippen LogP contribution in [0.3, 0.4) is 0 Å². The van der Waals surface area contributed by atoms with Gasteiger partial charge >= 0.3 is 5.97 Å². The third kappa shape index (κ3) is 3.64.